The highest BCUT2D eigenvalue weighted by Crippen LogP contribution is 2.15. The lowest BCUT2D eigenvalue weighted by molar-refractivity contribution is -0.127. The Morgan fingerprint density at radius 2 is 1.88 bits per heavy atom. The average Bonchev–Trinajstić information content (AvgIpc) is 2.60. The number of ether oxygens (including phenoxy) is 1. The molecule has 0 aliphatic rings. The molecule has 25 heavy (non-hydrogen) atoms. The van der Waals surface area contributed by atoms with Gasteiger partial charge in [0.2, 0.25) is 0 Å². The molecule has 0 spiro atoms. The molecule has 2 aromatic carbocycles. The molecular formula is C20H26N2O3. The van der Waals surface area contributed by atoms with E-state index >= 15 is 0 Å². The largest absolute Gasteiger partial charge is 0.481 e. The van der Waals surface area contributed by atoms with E-state index in [-0.39, 0.29) is 12.5 Å². The molecule has 5 heteroatoms. The Hall–Kier alpha value is -2.37. The molecule has 1 atom stereocenters. The Balaban J connectivity index is 1.93. The topological polar surface area (TPSA) is 61.8 Å². The van der Waals surface area contributed by atoms with Crippen molar-refractivity contribution in [3.8, 4) is 5.75 Å². The third kappa shape index (κ3) is 5.89. The molecule has 134 valence electrons. The number of aliphatic hydroxyl groups excluding tert-OH is 1. The molecule has 0 saturated carbocycles. The van der Waals surface area contributed by atoms with Crippen LogP contribution in [-0.4, -0.2) is 36.1 Å². The third-order valence-electron chi connectivity index (χ3n) is 3.82. The molecular weight excluding hydrogens is 316 g/mol. The molecule has 0 bridgehead atoms. The molecule has 1 amide bonds. The van der Waals surface area contributed by atoms with Crippen molar-refractivity contribution in [1.29, 1.82) is 0 Å². The maximum Gasteiger partial charge on any atom is 0.261 e. The first kappa shape index (κ1) is 19.0. The number of rotatable bonds is 8. The Bertz CT molecular complexity index is 701. The van der Waals surface area contributed by atoms with Crippen LogP contribution in [0.1, 0.15) is 23.6 Å². The van der Waals surface area contributed by atoms with Crippen molar-refractivity contribution in [3.63, 3.8) is 0 Å². The number of benzene rings is 2. The van der Waals surface area contributed by atoms with Gasteiger partial charge in [-0.1, -0.05) is 36.4 Å². The Kier molecular flexibility index (Phi) is 6.98. The third-order valence-corrected chi connectivity index (χ3v) is 3.82. The van der Waals surface area contributed by atoms with E-state index in [4.69, 9.17) is 9.84 Å². The zero-order valence-electron chi connectivity index (χ0n) is 15.0. The first-order chi connectivity index (χ1) is 12.0. The van der Waals surface area contributed by atoms with Gasteiger partial charge in [0, 0.05) is 13.1 Å². The molecule has 0 heterocycles. The summed E-state index contributed by atoms with van der Waals surface area (Å²) in [7, 11) is 4.04. The summed E-state index contributed by atoms with van der Waals surface area (Å²) in [5.41, 5.74) is 3.04. The van der Waals surface area contributed by atoms with Crippen LogP contribution in [0.3, 0.4) is 0 Å². The summed E-state index contributed by atoms with van der Waals surface area (Å²) < 4.78 is 5.67. The van der Waals surface area contributed by atoms with Gasteiger partial charge in [0.05, 0.1) is 6.61 Å². The predicted molar refractivity (Wildman–Crippen MR) is 98.1 cm³/mol. The van der Waals surface area contributed by atoms with E-state index in [1.165, 1.54) is 5.56 Å². The van der Waals surface area contributed by atoms with E-state index in [2.05, 4.69) is 16.3 Å². The fraction of sp³-hybridized carbons (Fsp3) is 0.350. The number of nitrogens with one attached hydrogen (secondary N) is 1. The van der Waals surface area contributed by atoms with Gasteiger partial charge in [-0.05, 0) is 49.8 Å². The highest BCUT2D eigenvalue weighted by Gasteiger charge is 2.15. The number of hydrogen-bond acceptors (Lipinski definition) is 4. The molecule has 1 unspecified atom stereocenters. The number of hydrogen-bond donors (Lipinski definition) is 2. The fourth-order valence-electron chi connectivity index (χ4n) is 2.53. The molecule has 2 N–H and O–H groups in total. The van der Waals surface area contributed by atoms with Crippen LogP contribution in [0.5, 0.6) is 5.75 Å². The molecule has 0 fully saturated rings. The van der Waals surface area contributed by atoms with Crippen molar-refractivity contribution < 1.29 is 14.6 Å². The van der Waals surface area contributed by atoms with Gasteiger partial charge in [-0.3, -0.25) is 4.79 Å². The van der Waals surface area contributed by atoms with Crippen molar-refractivity contribution >= 4 is 5.91 Å². The minimum atomic E-state index is -0.616. The van der Waals surface area contributed by atoms with Gasteiger partial charge < -0.3 is 20.1 Å². The van der Waals surface area contributed by atoms with Gasteiger partial charge in [0.25, 0.3) is 5.91 Å². The van der Waals surface area contributed by atoms with Gasteiger partial charge in [-0.2, -0.15) is 0 Å². The zero-order chi connectivity index (χ0) is 18.2. The number of amides is 1. The lowest BCUT2D eigenvalue weighted by Crippen LogP contribution is -2.36. The van der Waals surface area contributed by atoms with Crippen LogP contribution in [0.2, 0.25) is 0 Å². The summed E-state index contributed by atoms with van der Waals surface area (Å²) in [5, 5.41) is 12.1. The second-order valence-electron chi connectivity index (χ2n) is 6.29. The van der Waals surface area contributed by atoms with Crippen LogP contribution < -0.4 is 10.1 Å². The van der Waals surface area contributed by atoms with Gasteiger partial charge in [0.15, 0.2) is 6.10 Å². The molecule has 0 aromatic heterocycles. The molecule has 2 aromatic rings. The summed E-state index contributed by atoms with van der Waals surface area (Å²) >= 11 is 0. The van der Waals surface area contributed by atoms with Crippen molar-refractivity contribution in [1.82, 2.24) is 10.2 Å². The van der Waals surface area contributed by atoms with Crippen molar-refractivity contribution in [2.45, 2.75) is 32.7 Å². The summed E-state index contributed by atoms with van der Waals surface area (Å²) in [6.45, 7) is 2.95. The predicted octanol–water partition coefficient (Wildman–Crippen LogP) is 2.32. The maximum absolute atomic E-state index is 12.3. The Labute approximate surface area is 149 Å². The van der Waals surface area contributed by atoms with Crippen LogP contribution in [-0.2, 0) is 24.5 Å². The van der Waals surface area contributed by atoms with Crippen molar-refractivity contribution in [2.75, 3.05) is 14.1 Å². The highest BCUT2D eigenvalue weighted by molar-refractivity contribution is 5.80. The van der Waals surface area contributed by atoms with Gasteiger partial charge in [0.1, 0.15) is 5.75 Å². The number of aliphatic hydroxyl groups is 1. The van der Waals surface area contributed by atoms with E-state index in [9.17, 15) is 4.79 Å². The first-order valence-electron chi connectivity index (χ1n) is 8.35. The van der Waals surface area contributed by atoms with Crippen LogP contribution in [0.15, 0.2) is 48.5 Å². The van der Waals surface area contributed by atoms with Gasteiger partial charge in [-0.15, -0.1) is 0 Å². The van der Waals surface area contributed by atoms with Crippen LogP contribution in [0.25, 0.3) is 0 Å². The van der Waals surface area contributed by atoms with E-state index in [1.807, 2.05) is 32.3 Å². The van der Waals surface area contributed by atoms with Crippen LogP contribution >= 0.6 is 0 Å². The second kappa shape index (κ2) is 9.20. The maximum atomic E-state index is 12.3. The fourth-order valence-corrected chi connectivity index (χ4v) is 2.53. The molecule has 5 nitrogen and oxygen atoms in total. The van der Waals surface area contributed by atoms with E-state index in [1.54, 1.807) is 31.2 Å². The summed E-state index contributed by atoms with van der Waals surface area (Å²) in [6, 6.07) is 15.2. The zero-order valence-corrected chi connectivity index (χ0v) is 15.0. The Morgan fingerprint density at radius 1 is 1.16 bits per heavy atom. The van der Waals surface area contributed by atoms with E-state index < -0.39 is 6.10 Å². The smallest absolute Gasteiger partial charge is 0.261 e. The molecule has 0 aliphatic heterocycles. The van der Waals surface area contributed by atoms with Crippen molar-refractivity contribution in [3.05, 3.63) is 65.2 Å². The summed E-state index contributed by atoms with van der Waals surface area (Å²) in [4.78, 5) is 14.4. The van der Waals surface area contributed by atoms with E-state index in [0.717, 1.165) is 17.7 Å². The quantitative estimate of drug-likeness (QED) is 0.773. The Morgan fingerprint density at radius 3 is 2.56 bits per heavy atom. The molecule has 0 radical (unpaired) electrons. The highest BCUT2D eigenvalue weighted by atomic mass is 16.5. The normalized spacial score (nSPS) is 12.0. The minimum Gasteiger partial charge on any atom is -0.481 e. The van der Waals surface area contributed by atoms with E-state index in [0.29, 0.717) is 12.3 Å². The summed E-state index contributed by atoms with van der Waals surface area (Å²) in [6.07, 6.45) is -0.616. The second-order valence-corrected chi connectivity index (χ2v) is 6.29. The monoisotopic (exact) mass is 342 g/mol. The number of carbonyl (C=O) groups excluding carboxylic acids is 1. The average molecular weight is 342 g/mol. The SMILES string of the molecule is CC(Oc1cccc(CO)c1)C(=O)NCc1ccccc1CN(C)C. The molecule has 2 rings (SSSR count). The van der Waals surface area contributed by atoms with Crippen molar-refractivity contribution in [2.24, 2.45) is 0 Å². The van der Waals surface area contributed by atoms with Gasteiger partial charge in [-0.25, -0.2) is 0 Å². The lowest BCUT2D eigenvalue weighted by atomic mass is 10.1. The number of carbonyl (C=O) groups is 1. The number of nitrogens with zero attached hydrogens (tertiary/aromatic N) is 1. The summed E-state index contributed by atoms with van der Waals surface area (Å²) in [5.74, 6) is 0.399. The van der Waals surface area contributed by atoms with Crippen LogP contribution in [0.4, 0.5) is 0 Å². The lowest BCUT2D eigenvalue weighted by Gasteiger charge is -2.17. The molecule has 0 saturated heterocycles. The standard InChI is InChI=1S/C20H26N2O3/c1-15(25-19-10-6-7-16(11-19)14-23)20(24)21-12-17-8-4-5-9-18(17)13-22(2)3/h4-11,15,23H,12-14H2,1-3H3,(H,21,24). The minimum absolute atomic E-state index is 0.0551. The molecule has 0 aliphatic carbocycles. The van der Waals surface area contributed by atoms with Gasteiger partial charge >= 0.3 is 0 Å². The van der Waals surface area contributed by atoms with Crippen LogP contribution in [0, 0.1) is 0 Å². The first-order valence-corrected chi connectivity index (χ1v) is 8.35.